The molecule has 4 heteroatoms. The lowest BCUT2D eigenvalue weighted by molar-refractivity contribution is -0.140. The Balaban J connectivity index is 2.37. The van der Waals surface area contributed by atoms with Crippen molar-refractivity contribution in [2.45, 2.75) is 24.3 Å². The number of hydrogen-bond acceptors (Lipinski definition) is 3. The highest BCUT2D eigenvalue weighted by Gasteiger charge is 2.09. The second-order valence-corrected chi connectivity index (χ2v) is 5.87. The van der Waals surface area contributed by atoms with Gasteiger partial charge in [0.2, 0.25) is 0 Å². The Morgan fingerprint density at radius 2 is 2.31 bits per heavy atom. The second-order valence-electron chi connectivity index (χ2n) is 3.53. The number of halogens is 1. The third-order valence-corrected chi connectivity index (χ3v) is 3.83. The summed E-state index contributed by atoms with van der Waals surface area (Å²) in [6, 6.07) is 8.21. The number of carbonyl (C=O) groups excluding carboxylic acids is 1. The number of esters is 1. The van der Waals surface area contributed by atoms with Crippen LogP contribution in [-0.4, -0.2) is 18.3 Å². The summed E-state index contributed by atoms with van der Waals surface area (Å²) < 4.78 is 5.72. The van der Waals surface area contributed by atoms with Crippen LogP contribution < -0.4 is 0 Å². The van der Waals surface area contributed by atoms with Crippen molar-refractivity contribution in [3.63, 3.8) is 0 Å². The minimum Gasteiger partial charge on any atom is -0.469 e. The molecule has 0 radical (unpaired) electrons. The number of carbonyl (C=O) groups is 1. The fraction of sp³-hybridized carbons (Fsp3) is 0.417. The lowest BCUT2D eigenvalue weighted by Gasteiger charge is -2.09. The monoisotopic (exact) mass is 302 g/mol. The molecular formula is C12H15BrO2S. The first-order valence-electron chi connectivity index (χ1n) is 5.04. The Bertz CT molecular complexity index is 355. The number of thioether (sulfide) groups is 1. The maximum atomic E-state index is 11.0. The number of methoxy groups -OCH3 is 1. The van der Waals surface area contributed by atoms with Gasteiger partial charge in [-0.05, 0) is 17.7 Å². The van der Waals surface area contributed by atoms with Gasteiger partial charge in [0.15, 0.2) is 0 Å². The fourth-order valence-electron chi connectivity index (χ4n) is 1.24. The lowest BCUT2D eigenvalue weighted by atomic mass is 10.2. The predicted molar refractivity (Wildman–Crippen MR) is 71.5 cm³/mol. The van der Waals surface area contributed by atoms with Gasteiger partial charge in [0, 0.05) is 15.5 Å². The SMILES string of the molecule is COC(=O)CC(C)SCc1cccc(Br)c1. The number of ether oxygens (including phenoxy) is 1. The van der Waals surface area contributed by atoms with Crippen LogP contribution in [0.15, 0.2) is 28.7 Å². The molecule has 0 heterocycles. The molecular weight excluding hydrogens is 288 g/mol. The molecule has 16 heavy (non-hydrogen) atoms. The Morgan fingerprint density at radius 3 is 2.94 bits per heavy atom. The van der Waals surface area contributed by atoms with E-state index in [-0.39, 0.29) is 11.2 Å². The molecule has 1 unspecified atom stereocenters. The highest BCUT2D eigenvalue weighted by molar-refractivity contribution is 9.10. The minimum absolute atomic E-state index is 0.144. The first-order valence-corrected chi connectivity index (χ1v) is 6.89. The molecule has 0 saturated carbocycles. The van der Waals surface area contributed by atoms with Crippen molar-refractivity contribution in [3.8, 4) is 0 Å². The molecule has 1 aromatic carbocycles. The van der Waals surface area contributed by atoms with Crippen LogP contribution in [0.2, 0.25) is 0 Å². The molecule has 0 aliphatic rings. The zero-order chi connectivity index (χ0) is 12.0. The van der Waals surface area contributed by atoms with Gasteiger partial charge in [-0.2, -0.15) is 11.8 Å². The largest absolute Gasteiger partial charge is 0.469 e. The van der Waals surface area contributed by atoms with E-state index in [4.69, 9.17) is 0 Å². The zero-order valence-corrected chi connectivity index (χ0v) is 11.8. The minimum atomic E-state index is -0.144. The van der Waals surface area contributed by atoms with Crippen LogP contribution in [0.3, 0.4) is 0 Å². The third kappa shape index (κ3) is 5.03. The molecule has 88 valence electrons. The summed E-state index contributed by atoms with van der Waals surface area (Å²) in [7, 11) is 1.42. The van der Waals surface area contributed by atoms with Crippen LogP contribution in [-0.2, 0) is 15.3 Å². The molecule has 0 amide bonds. The van der Waals surface area contributed by atoms with Gasteiger partial charge >= 0.3 is 5.97 Å². The number of rotatable bonds is 5. The Morgan fingerprint density at radius 1 is 1.56 bits per heavy atom. The summed E-state index contributed by atoms with van der Waals surface area (Å²) in [6.45, 7) is 2.04. The highest BCUT2D eigenvalue weighted by Crippen LogP contribution is 2.22. The maximum Gasteiger partial charge on any atom is 0.306 e. The molecule has 0 N–H and O–H groups in total. The molecule has 0 aliphatic heterocycles. The molecule has 0 spiro atoms. The van der Waals surface area contributed by atoms with E-state index in [1.54, 1.807) is 11.8 Å². The summed E-state index contributed by atoms with van der Waals surface area (Å²) >= 11 is 5.20. The van der Waals surface area contributed by atoms with Gasteiger partial charge in [-0.25, -0.2) is 0 Å². The van der Waals surface area contributed by atoms with E-state index in [2.05, 4.69) is 32.8 Å². The lowest BCUT2D eigenvalue weighted by Crippen LogP contribution is -2.08. The smallest absolute Gasteiger partial charge is 0.306 e. The fourth-order valence-corrected chi connectivity index (χ4v) is 2.60. The summed E-state index contributed by atoms with van der Waals surface area (Å²) in [5.74, 6) is 0.770. The van der Waals surface area contributed by atoms with Crippen molar-refractivity contribution < 1.29 is 9.53 Å². The van der Waals surface area contributed by atoms with Crippen LogP contribution in [0.25, 0.3) is 0 Å². The normalized spacial score (nSPS) is 12.2. The van der Waals surface area contributed by atoms with Crippen molar-refractivity contribution in [1.82, 2.24) is 0 Å². The van der Waals surface area contributed by atoms with Gasteiger partial charge in [-0.15, -0.1) is 0 Å². The Kier molecular flexibility index (Phi) is 5.91. The molecule has 1 rings (SSSR count). The van der Waals surface area contributed by atoms with Gasteiger partial charge < -0.3 is 4.74 Å². The van der Waals surface area contributed by atoms with Crippen molar-refractivity contribution in [2.75, 3.05) is 7.11 Å². The van der Waals surface area contributed by atoms with Crippen LogP contribution in [0, 0.1) is 0 Å². The van der Waals surface area contributed by atoms with Crippen LogP contribution in [0.4, 0.5) is 0 Å². The van der Waals surface area contributed by atoms with Gasteiger partial charge in [0.1, 0.15) is 0 Å². The van der Waals surface area contributed by atoms with Gasteiger partial charge in [-0.1, -0.05) is 35.0 Å². The van der Waals surface area contributed by atoms with Gasteiger partial charge in [0.05, 0.1) is 13.5 Å². The van der Waals surface area contributed by atoms with E-state index >= 15 is 0 Å². The Hall–Kier alpha value is -0.480. The predicted octanol–water partition coefficient (Wildman–Crippen LogP) is 3.63. The maximum absolute atomic E-state index is 11.0. The second kappa shape index (κ2) is 6.97. The molecule has 1 aromatic rings. The first-order chi connectivity index (χ1) is 7.61. The molecule has 0 bridgehead atoms. The topological polar surface area (TPSA) is 26.3 Å². The number of hydrogen-bond donors (Lipinski definition) is 0. The molecule has 0 fully saturated rings. The molecule has 2 nitrogen and oxygen atoms in total. The summed E-state index contributed by atoms with van der Waals surface area (Å²) in [6.07, 6.45) is 0.467. The van der Waals surface area contributed by atoms with E-state index in [9.17, 15) is 4.79 Å². The molecule has 0 saturated heterocycles. The van der Waals surface area contributed by atoms with E-state index in [0.717, 1.165) is 10.2 Å². The van der Waals surface area contributed by atoms with Crippen LogP contribution in [0.1, 0.15) is 18.9 Å². The van der Waals surface area contributed by atoms with Gasteiger partial charge in [-0.3, -0.25) is 4.79 Å². The van der Waals surface area contributed by atoms with Crippen molar-refractivity contribution in [1.29, 1.82) is 0 Å². The van der Waals surface area contributed by atoms with E-state index in [1.807, 2.05) is 19.1 Å². The van der Waals surface area contributed by atoms with Crippen molar-refractivity contribution >= 4 is 33.7 Å². The zero-order valence-electron chi connectivity index (χ0n) is 9.40. The summed E-state index contributed by atoms with van der Waals surface area (Å²) in [4.78, 5) is 11.0. The third-order valence-electron chi connectivity index (χ3n) is 2.11. The van der Waals surface area contributed by atoms with Crippen molar-refractivity contribution in [3.05, 3.63) is 34.3 Å². The first kappa shape index (κ1) is 13.6. The summed E-state index contributed by atoms with van der Waals surface area (Å²) in [5.41, 5.74) is 1.26. The summed E-state index contributed by atoms with van der Waals surface area (Å²) in [5, 5.41) is 0.284. The number of benzene rings is 1. The molecule has 1 atom stereocenters. The van der Waals surface area contributed by atoms with Gasteiger partial charge in [0.25, 0.3) is 0 Å². The van der Waals surface area contributed by atoms with E-state index in [1.165, 1.54) is 12.7 Å². The van der Waals surface area contributed by atoms with E-state index < -0.39 is 0 Å². The van der Waals surface area contributed by atoms with Crippen LogP contribution >= 0.6 is 27.7 Å². The van der Waals surface area contributed by atoms with E-state index in [0.29, 0.717) is 6.42 Å². The molecule has 0 aliphatic carbocycles. The molecule has 0 aromatic heterocycles. The average molecular weight is 303 g/mol. The average Bonchev–Trinajstić information content (AvgIpc) is 2.26. The van der Waals surface area contributed by atoms with Crippen LogP contribution in [0.5, 0.6) is 0 Å². The van der Waals surface area contributed by atoms with Crippen molar-refractivity contribution in [2.24, 2.45) is 0 Å². The quantitative estimate of drug-likeness (QED) is 0.777. The highest BCUT2D eigenvalue weighted by atomic mass is 79.9. The standard InChI is InChI=1S/C12H15BrO2S/c1-9(6-12(14)15-2)16-8-10-4-3-5-11(13)7-10/h3-5,7,9H,6,8H2,1-2H3. The Labute approximate surface area is 109 Å².